The van der Waals surface area contributed by atoms with Crippen molar-refractivity contribution in [2.45, 2.75) is 20.0 Å². The molecule has 1 N–H and O–H groups in total. The molecule has 0 radical (unpaired) electrons. The second-order valence-electron chi connectivity index (χ2n) is 5.52. The van der Waals surface area contributed by atoms with Gasteiger partial charge in [-0.2, -0.15) is 0 Å². The average molecular weight is 308 g/mol. The van der Waals surface area contributed by atoms with Gasteiger partial charge in [-0.05, 0) is 30.5 Å². The Morgan fingerprint density at radius 3 is 2.70 bits per heavy atom. The fourth-order valence-corrected chi connectivity index (χ4v) is 2.80. The third-order valence-electron chi connectivity index (χ3n) is 3.99. The number of methoxy groups -OCH3 is 1. The van der Waals surface area contributed by atoms with Crippen molar-refractivity contribution in [2.75, 3.05) is 7.11 Å². The Labute approximate surface area is 135 Å². The highest BCUT2D eigenvalue weighted by Gasteiger charge is 2.10. The number of carbonyl (C=O) groups is 1. The Bertz CT molecular complexity index is 836. The van der Waals surface area contributed by atoms with Gasteiger partial charge in [-0.3, -0.25) is 4.79 Å². The van der Waals surface area contributed by atoms with Crippen LogP contribution >= 0.6 is 0 Å². The summed E-state index contributed by atoms with van der Waals surface area (Å²) < 4.78 is 7.34. The summed E-state index contributed by atoms with van der Waals surface area (Å²) in [5.41, 5.74) is 3.13. The molecule has 0 aliphatic carbocycles. The van der Waals surface area contributed by atoms with Gasteiger partial charge in [0, 0.05) is 23.3 Å². The fraction of sp³-hybridized carbons (Fsp3) is 0.211. The fourth-order valence-electron chi connectivity index (χ4n) is 2.80. The van der Waals surface area contributed by atoms with Gasteiger partial charge in [-0.15, -0.1) is 0 Å². The van der Waals surface area contributed by atoms with Crippen LogP contribution in [0.25, 0.3) is 10.9 Å². The molecule has 0 aliphatic rings. The smallest absolute Gasteiger partial charge is 0.240 e. The molecule has 0 spiro atoms. The molecule has 1 heterocycles. The number of carbonyl (C=O) groups excluding carboxylic acids is 1. The highest BCUT2D eigenvalue weighted by Crippen LogP contribution is 2.19. The maximum Gasteiger partial charge on any atom is 0.240 e. The van der Waals surface area contributed by atoms with Crippen LogP contribution in [0.3, 0.4) is 0 Å². The lowest BCUT2D eigenvalue weighted by Crippen LogP contribution is -2.27. The van der Waals surface area contributed by atoms with Crippen molar-refractivity contribution >= 4 is 16.8 Å². The van der Waals surface area contributed by atoms with Crippen LogP contribution in [0.1, 0.15) is 11.3 Å². The molecule has 3 rings (SSSR count). The molecule has 0 unspecified atom stereocenters. The monoisotopic (exact) mass is 308 g/mol. The van der Waals surface area contributed by atoms with Crippen LogP contribution in [-0.2, 0) is 17.9 Å². The van der Waals surface area contributed by atoms with Crippen molar-refractivity contribution in [1.82, 2.24) is 9.88 Å². The second-order valence-corrected chi connectivity index (χ2v) is 5.52. The largest absolute Gasteiger partial charge is 0.496 e. The van der Waals surface area contributed by atoms with E-state index in [0.29, 0.717) is 13.1 Å². The summed E-state index contributed by atoms with van der Waals surface area (Å²) in [6.07, 6.45) is 0. The highest BCUT2D eigenvalue weighted by molar-refractivity contribution is 5.84. The van der Waals surface area contributed by atoms with Gasteiger partial charge in [0.25, 0.3) is 0 Å². The van der Waals surface area contributed by atoms with Crippen LogP contribution in [-0.4, -0.2) is 17.6 Å². The van der Waals surface area contributed by atoms with E-state index in [-0.39, 0.29) is 5.91 Å². The number of amides is 1. The van der Waals surface area contributed by atoms with Crippen molar-refractivity contribution in [3.63, 3.8) is 0 Å². The molecule has 118 valence electrons. The molecule has 0 fully saturated rings. The molecular weight excluding hydrogens is 288 g/mol. The molecule has 0 saturated carbocycles. The summed E-state index contributed by atoms with van der Waals surface area (Å²) in [5.74, 6) is 0.774. The predicted octanol–water partition coefficient (Wildman–Crippen LogP) is 3.27. The minimum absolute atomic E-state index is 0.0136. The van der Waals surface area contributed by atoms with E-state index in [1.54, 1.807) is 7.11 Å². The Kier molecular flexibility index (Phi) is 4.33. The number of benzene rings is 2. The Hall–Kier alpha value is -2.75. The topological polar surface area (TPSA) is 43.3 Å². The Balaban J connectivity index is 1.71. The molecule has 0 bridgehead atoms. The van der Waals surface area contributed by atoms with E-state index in [1.165, 1.54) is 0 Å². The number of rotatable bonds is 5. The zero-order valence-electron chi connectivity index (χ0n) is 13.4. The summed E-state index contributed by atoms with van der Waals surface area (Å²) in [4.78, 5) is 12.3. The number of aryl methyl sites for hydroxylation is 1. The minimum Gasteiger partial charge on any atom is -0.496 e. The van der Waals surface area contributed by atoms with Gasteiger partial charge in [0.1, 0.15) is 12.3 Å². The lowest BCUT2D eigenvalue weighted by molar-refractivity contribution is -0.121. The van der Waals surface area contributed by atoms with Gasteiger partial charge in [0.05, 0.1) is 7.11 Å². The quantitative estimate of drug-likeness (QED) is 0.786. The minimum atomic E-state index is -0.0136. The van der Waals surface area contributed by atoms with Crippen LogP contribution in [0, 0.1) is 6.92 Å². The van der Waals surface area contributed by atoms with Crippen LogP contribution in [0.5, 0.6) is 5.75 Å². The number of aromatic nitrogens is 1. The molecule has 1 aromatic heterocycles. The average Bonchev–Trinajstić information content (AvgIpc) is 2.89. The first kappa shape index (κ1) is 15.2. The predicted molar refractivity (Wildman–Crippen MR) is 91.5 cm³/mol. The van der Waals surface area contributed by atoms with E-state index in [4.69, 9.17) is 4.74 Å². The van der Waals surface area contributed by atoms with Crippen LogP contribution in [0.4, 0.5) is 0 Å². The number of para-hydroxylation sites is 2. The summed E-state index contributed by atoms with van der Waals surface area (Å²) in [6.45, 7) is 2.79. The van der Waals surface area contributed by atoms with E-state index >= 15 is 0 Å². The van der Waals surface area contributed by atoms with Crippen molar-refractivity contribution < 1.29 is 9.53 Å². The molecule has 0 saturated heterocycles. The molecule has 4 nitrogen and oxygen atoms in total. The molecule has 0 aliphatic heterocycles. The summed E-state index contributed by atoms with van der Waals surface area (Å²) >= 11 is 0. The van der Waals surface area contributed by atoms with Crippen LogP contribution < -0.4 is 10.1 Å². The van der Waals surface area contributed by atoms with E-state index in [2.05, 4.69) is 17.4 Å². The Morgan fingerprint density at radius 2 is 1.87 bits per heavy atom. The normalized spacial score (nSPS) is 10.7. The standard InChI is InChI=1S/C19H20N2O2/c1-14-11-15-7-3-5-9-17(15)21(14)13-19(22)20-12-16-8-4-6-10-18(16)23-2/h3-11H,12-13H2,1-2H3,(H,20,22). The van der Waals surface area contributed by atoms with Crippen LogP contribution in [0.15, 0.2) is 54.6 Å². The van der Waals surface area contributed by atoms with Crippen LogP contribution in [0.2, 0.25) is 0 Å². The van der Waals surface area contributed by atoms with E-state index < -0.39 is 0 Å². The highest BCUT2D eigenvalue weighted by atomic mass is 16.5. The van der Waals surface area contributed by atoms with Gasteiger partial charge in [-0.1, -0.05) is 36.4 Å². The first-order valence-electron chi connectivity index (χ1n) is 7.62. The lowest BCUT2D eigenvalue weighted by atomic mass is 10.2. The van der Waals surface area contributed by atoms with Crippen molar-refractivity contribution in [1.29, 1.82) is 0 Å². The first-order valence-corrected chi connectivity index (χ1v) is 7.62. The zero-order chi connectivity index (χ0) is 16.2. The van der Waals surface area contributed by atoms with Gasteiger partial charge < -0.3 is 14.6 Å². The SMILES string of the molecule is COc1ccccc1CNC(=O)Cn1c(C)cc2ccccc21. The molecular formula is C19H20N2O2. The molecule has 3 aromatic rings. The number of hydrogen-bond donors (Lipinski definition) is 1. The summed E-state index contributed by atoms with van der Waals surface area (Å²) in [6, 6.07) is 17.9. The number of fused-ring (bicyclic) bond motifs is 1. The van der Waals surface area contributed by atoms with Crippen molar-refractivity contribution in [3.8, 4) is 5.75 Å². The van der Waals surface area contributed by atoms with E-state index in [0.717, 1.165) is 27.9 Å². The number of ether oxygens (including phenoxy) is 1. The van der Waals surface area contributed by atoms with Gasteiger partial charge >= 0.3 is 0 Å². The van der Waals surface area contributed by atoms with E-state index in [9.17, 15) is 4.79 Å². The number of nitrogens with one attached hydrogen (secondary N) is 1. The Morgan fingerprint density at radius 1 is 1.13 bits per heavy atom. The maximum atomic E-state index is 12.3. The first-order chi connectivity index (χ1) is 11.2. The number of hydrogen-bond acceptors (Lipinski definition) is 2. The van der Waals surface area contributed by atoms with E-state index in [1.807, 2.05) is 54.0 Å². The molecule has 1 amide bonds. The van der Waals surface area contributed by atoms with Crippen molar-refractivity contribution in [3.05, 3.63) is 65.9 Å². The third-order valence-corrected chi connectivity index (χ3v) is 3.99. The maximum absolute atomic E-state index is 12.3. The van der Waals surface area contributed by atoms with Gasteiger partial charge in [0.15, 0.2) is 0 Å². The molecule has 4 heteroatoms. The van der Waals surface area contributed by atoms with Gasteiger partial charge in [-0.25, -0.2) is 0 Å². The molecule has 0 atom stereocenters. The summed E-state index contributed by atoms with van der Waals surface area (Å²) in [5, 5.41) is 4.12. The van der Waals surface area contributed by atoms with Crippen molar-refractivity contribution in [2.24, 2.45) is 0 Å². The third kappa shape index (κ3) is 3.21. The lowest BCUT2D eigenvalue weighted by Gasteiger charge is -2.11. The number of nitrogens with zero attached hydrogens (tertiary/aromatic N) is 1. The van der Waals surface area contributed by atoms with Gasteiger partial charge in [0.2, 0.25) is 5.91 Å². The second kappa shape index (κ2) is 6.57. The molecule has 23 heavy (non-hydrogen) atoms. The summed E-state index contributed by atoms with van der Waals surface area (Å²) in [7, 11) is 1.63. The zero-order valence-corrected chi connectivity index (χ0v) is 13.4. The molecule has 2 aromatic carbocycles.